The summed E-state index contributed by atoms with van der Waals surface area (Å²) >= 11 is 0. The van der Waals surface area contributed by atoms with Crippen LogP contribution >= 0.6 is 0 Å². The molecule has 1 N–H and O–H groups in total. The Morgan fingerprint density at radius 3 is 2.76 bits per heavy atom. The highest BCUT2D eigenvalue weighted by Crippen LogP contribution is 2.36. The first kappa shape index (κ1) is 23.6. The van der Waals surface area contributed by atoms with Crippen LogP contribution in [0.5, 0.6) is 0 Å². The average Bonchev–Trinajstić information content (AvgIpc) is 3.53. The van der Waals surface area contributed by atoms with Crippen LogP contribution in [0.3, 0.4) is 0 Å². The van der Waals surface area contributed by atoms with Crippen molar-refractivity contribution in [1.82, 2.24) is 29.4 Å². The second kappa shape index (κ2) is 9.59. The van der Waals surface area contributed by atoms with Gasteiger partial charge in [-0.2, -0.15) is 0 Å². The highest BCUT2D eigenvalue weighted by Gasteiger charge is 2.24. The molecule has 0 atom stereocenters. The highest BCUT2D eigenvalue weighted by molar-refractivity contribution is 5.83. The number of nitrogens with zero attached hydrogens (tertiary/aromatic N) is 6. The van der Waals surface area contributed by atoms with Gasteiger partial charge in [-0.3, -0.25) is 4.90 Å². The maximum Gasteiger partial charge on any atom is 0.229 e. The maximum absolute atomic E-state index is 15.1. The Bertz CT molecular complexity index is 1500. The Morgan fingerprint density at radius 1 is 1.11 bits per heavy atom. The van der Waals surface area contributed by atoms with E-state index in [0.717, 1.165) is 68.2 Å². The number of hydrogen-bond acceptors (Lipinski definition) is 7. The number of nitrogens with one attached hydrogen (secondary N) is 1. The molecule has 0 spiro atoms. The SMILES string of the molecule is Cc1nc2c(F)cc(-c3nc(Nc4ccc5c(n4)CCN(CC=O)C5)ncc3F)cc2n1C1CCCC1. The quantitative estimate of drug-likeness (QED) is 0.375. The van der Waals surface area contributed by atoms with Crippen molar-refractivity contribution in [2.45, 2.75) is 51.6 Å². The Labute approximate surface area is 212 Å². The van der Waals surface area contributed by atoms with Crippen LogP contribution in [-0.4, -0.2) is 48.8 Å². The van der Waals surface area contributed by atoms with Gasteiger partial charge in [0.1, 0.15) is 29.1 Å². The number of hydrogen-bond donors (Lipinski definition) is 1. The summed E-state index contributed by atoms with van der Waals surface area (Å²) in [6, 6.07) is 7.10. The fraction of sp³-hybridized carbons (Fsp3) is 0.370. The van der Waals surface area contributed by atoms with Crippen molar-refractivity contribution < 1.29 is 13.6 Å². The van der Waals surface area contributed by atoms with E-state index in [9.17, 15) is 9.18 Å². The Kier molecular flexibility index (Phi) is 6.11. The molecule has 0 amide bonds. The minimum absolute atomic E-state index is 0.0117. The first-order chi connectivity index (χ1) is 18.0. The molecule has 2 aliphatic rings. The Hall–Kier alpha value is -3.79. The lowest BCUT2D eigenvalue weighted by Crippen LogP contribution is -2.32. The third kappa shape index (κ3) is 4.46. The molecular weight excluding hydrogens is 476 g/mol. The molecule has 1 aliphatic carbocycles. The van der Waals surface area contributed by atoms with Crippen molar-refractivity contribution in [2.75, 3.05) is 18.4 Å². The number of anilines is 2. The molecular formula is C27H27F2N7O. The molecule has 1 saturated carbocycles. The van der Waals surface area contributed by atoms with E-state index in [1.807, 2.05) is 19.1 Å². The van der Waals surface area contributed by atoms with Crippen LogP contribution < -0.4 is 5.32 Å². The Morgan fingerprint density at radius 2 is 1.95 bits per heavy atom. The summed E-state index contributed by atoms with van der Waals surface area (Å²) in [6.07, 6.45) is 7.03. The zero-order valence-corrected chi connectivity index (χ0v) is 20.5. The van der Waals surface area contributed by atoms with Gasteiger partial charge in [-0.1, -0.05) is 18.9 Å². The molecule has 0 radical (unpaired) electrons. The average molecular weight is 504 g/mol. The molecule has 1 aliphatic heterocycles. The summed E-state index contributed by atoms with van der Waals surface area (Å²) in [4.78, 5) is 30.5. The number of fused-ring (bicyclic) bond motifs is 2. The van der Waals surface area contributed by atoms with E-state index in [4.69, 9.17) is 0 Å². The van der Waals surface area contributed by atoms with Gasteiger partial charge in [0.2, 0.25) is 5.95 Å². The van der Waals surface area contributed by atoms with Gasteiger partial charge in [0, 0.05) is 36.8 Å². The molecule has 3 aromatic heterocycles. The lowest BCUT2D eigenvalue weighted by atomic mass is 10.1. The van der Waals surface area contributed by atoms with Crippen molar-refractivity contribution in [2.24, 2.45) is 0 Å². The lowest BCUT2D eigenvalue weighted by molar-refractivity contribution is -0.109. The van der Waals surface area contributed by atoms with Gasteiger partial charge in [-0.05, 0) is 43.5 Å². The number of aromatic nitrogens is 5. The lowest BCUT2D eigenvalue weighted by Gasteiger charge is -2.26. The number of halogens is 2. The molecule has 6 rings (SSSR count). The van der Waals surface area contributed by atoms with Gasteiger partial charge in [-0.25, -0.2) is 28.7 Å². The predicted molar refractivity (Wildman–Crippen MR) is 135 cm³/mol. The van der Waals surface area contributed by atoms with Crippen molar-refractivity contribution in [3.8, 4) is 11.3 Å². The van der Waals surface area contributed by atoms with Gasteiger partial charge in [0.25, 0.3) is 0 Å². The summed E-state index contributed by atoms with van der Waals surface area (Å²) in [5, 5.41) is 3.06. The van der Waals surface area contributed by atoms with Gasteiger partial charge in [0.15, 0.2) is 11.6 Å². The number of carbonyl (C=O) groups excluding carboxylic acids is 1. The van der Waals surface area contributed by atoms with E-state index >= 15 is 4.39 Å². The third-order valence-corrected chi connectivity index (χ3v) is 7.33. The van der Waals surface area contributed by atoms with Crippen LogP contribution in [0, 0.1) is 18.6 Å². The molecule has 190 valence electrons. The zero-order valence-electron chi connectivity index (χ0n) is 20.5. The summed E-state index contributed by atoms with van der Waals surface area (Å²) in [7, 11) is 0. The molecule has 4 aromatic rings. The molecule has 37 heavy (non-hydrogen) atoms. The summed E-state index contributed by atoms with van der Waals surface area (Å²) in [5.74, 6) is 0.331. The van der Waals surface area contributed by atoms with E-state index < -0.39 is 11.6 Å². The van der Waals surface area contributed by atoms with Crippen molar-refractivity contribution in [3.63, 3.8) is 0 Å². The van der Waals surface area contributed by atoms with Crippen LogP contribution in [0.1, 0.15) is 48.8 Å². The van der Waals surface area contributed by atoms with Crippen LogP contribution in [0.4, 0.5) is 20.5 Å². The van der Waals surface area contributed by atoms with Gasteiger partial charge in [0.05, 0.1) is 18.3 Å². The summed E-state index contributed by atoms with van der Waals surface area (Å²) in [6.45, 7) is 3.71. The fourth-order valence-electron chi connectivity index (χ4n) is 5.58. The molecule has 0 bridgehead atoms. The number of pyridine rings is 1. The number of aldehydes is 1. The van der Waals surface area contributed by atoms with Crippen LogP contribution in [0.15, 0.2) is 30.5 Å². The van der Waals surface area contributed by atoms with E-state index in [0.29, 0.717) is 35.5 Å². The van der Waals surface area contributed by atoms with Crippen LogP contribution in [0.25, 0.3) is 22.3 Å². The van der Waals surface area contributed by atoms with E-state index in [1.165, 1.54) is 6.07 Å². The molecule has 0 saturated heterocycles. The summed E-state index contributed by atoms with van der Waals surface area (Å²) < 4.78 is 32.1. The standard InChI is InChI=1S/C27H27F2N7O/c1-16-31-26-20(28)12-18(13-23(26)36(16)19-4-2-3-5-19)25-21(29)14-30-27(34-25)33-24-7-6-17-15-35(10-11-37)9-8-22(17)32-24/h6-7,11-14,19H,2-5,8-10,15H2,1H3,(H,30,32,33,34). The molecule has 0 unspecified atom stereocenters. The highest BCUT2D eigenvalue weighted by atomic mass is 19.1. The van der Waals surface area contributed by atoms with Gasteiger partial charge in [-0.15, -0.1) is 0 Å². The van der Waals surface area contributed by atoms with Crippen LogP contribution in [0.2, 0.25) is 0 Å². The van der Waals surface area contributed by atoms with Gasteiger partial charge < -0.3 is 14.7 Å². The minimum atomic E-state index is -0.637. The van der Waals surface area contributed by atoms with E-state index in [1.54, 1.807) is 6.07 Å². The number of imidazole rings is 1. The molecule has 8 nitrogen and oxygen atoms in total. The molecule has 4 heterocycles. The maximum atomic E-state index is 15.1. The largest absolute Gasteiger partial charge is 0.325 e. The second-order valence-corrected chi connectivity index (χ2v) is 9.76. The van der Waals surface area contributed by atoms with Crippen molar-refractivity contribution in [3.05, 3.63) is 59.2 Å². The first-order valence-electron chi connectivity index (χ1n) is 12.6. The predicted octanol–water partition coefficient (Wildman–Crippen LogP) is 4.89. The van der Waals surface area contributed by atoms with Crippen molar-refractivity contribution >= 4 is 29.1 Å². The Balaban J connectivity index is 1.32. The molecule has 1 aromatic carbocycles. The first-order valence-corrected chi connectivity index (χ1v) is 12.6. The number of aryl methyl sites for hydroxylation is 1. The minimum Gasteiger partial charge on any atom is -0.325 e. The van der Waals surface area contributed by atoms with E-state index in [-0.39, 0.29) is 17.7 Å². The van der Waals surface area contributed by atoms with E-state index in [2.05, 4.69) is 34.7 Å². The smallest absolute Gasteiger partial charge is 0.229 e. The number of benzene rings is 1. The molecule has 10 heteroatoms. The third-order valence-electron chi connectivity index (χ3n) is 7.33. The second-order valence-electron chi connectivity index (χ2n) is 9.76. The number of carbonyl (C=O) groups is 1. The monoisotopic (exact) mass is 503 g/mol. The van der Waals surface area contributed by atoms with Crippen LogP contribution in [-0.2, 0) is 17.8 Å². The topological polar surface area (TPSA) is 88.8 Å². The molecule has 1 fully saturated rings. The normalized spacial score (nSPS) is 16.3. The number of rotatable bonds is 6. The summed E-state index contributed by atoms with van der Waals surface area (Å²) in [5.41, 5.74) is 3.31. The zero-order chi connectivity index (χ0) is 25.5. The van der Waals surface area contributed by atoms with Crippen molar-refractivity contribution in [1.29, 1.82) is 0 Å². The van der Waals surface area contributed by atoms with Gasteiger partial charge >= 0.3 is 0 Å². The fourth-order valence-corrected chi connectivity index (χ4v) is 5.58.